The van der Waals surface area contributed by atoms with Crippen LogP contribution in [-0.2, 0) is 19.1 Å². The van der Waals surface area contributed by atoms with Gasteiger partial charge in [0.05, 0.1) is 17.8 Å². The third kappa shape index (κ3) is 5.62. The molecular weight excluding hydrogens is 595 g/mol. The Kier molecular flexibility index (Phi) is 8.10. The topological polar surface area (TPSA) is 122 Å². The number of rotatable bonds is 6. The predicted molar refractivity (Wildman–Crippen MR) is 144 cm³/mol. The monoisotopic (exact) mass is 619 g/mol. The molecule has 0 spiro atoms. The summed E-state index contributed by atoms with van der Waals surface area (Å²) in [7, 11) is 1.45. The first-order valence-corrected chi connectivity index (χ1v) is 12.9. The molecule has 0 bridgehead atoms. The minimum Gasteiger partial charge on any atom is -0.354 e. The van der Waals surface area contributed by atoms with Gasteiger partial charge in [-0.1, -0.05) is 22.0 Å². The maximum absolute atomic E-state index is 13.7. The van der Waals surface area contributed by atoms with Gasteiger partial charge in [-0.3, -0.25) is 14.4 Å². The molecule has 0 radical (unpaired) electrons. The van der Waals surface area contributed by atoms with E-state index in [1.54, 1.807) is 19.9 Å². The van der Waals surface area contributed by atoms with E-state index in [1.165, 1.54) is 40.8 Å². The molecule has 40 heavy (non-hydrogen) atoms. The first-order chi connectivity index (χ1) is 18.8. The number of amides is 2. The van der Waals surface area contributed by atoms with Crippen molar-refractivity contribution in [2.45, 2.75) is 45.1 Å². The van der Waals surface area contributed by atoms with Gasteiger partial charge >= 0.3 is 6.18 Å². The molecule has 0 aliphatic carbocycles. The quantitative estimate of drug-likeness (QED) is 0.403. The molecule has 3 aromatic rings. The van der Waals surface area contributed by atoms with Gasteiger partial charge in [0, 0.05) is 34.7 Å². The predicted octanol–water partition coefficient (Wildman–Crippen LogP) is 3.74. The molecule has 0 fully saturated rings. The molecule has 2 N–H and O–H groups in total. The zero-order valence-electron chi connectivity index (χ0n) is 21.7. The summed E-state index contributed by atoms with van der Waals surface area (Å²) in [5.74, 6) is -0.845. The van der Waals surface area contributed by atoms with E-state index in [0.29, 0.717) is 11.3 Å². The second kappa shape index (κ2) is 11.2. The number of hydrogen-bond acceptors (Lipinski definition) is 7. The number of carbonyl (C=O) groups is 2. The number of nitrogens with one attached hydrogen (secondary N) is 2. The van der Waals surface area contributed by atoms with Crippen molar-refractivity contribution >= 4 is 33.7 Å². The van der Waals surface area contributed by atoms with Crippen molar-refractivity contribution in [1.82, 2.24) is 30.0 Å². The van der Waals surface area contributed by atoms with E-state index in [1.807, 2.05) is 0 Å². The first kappa shape index (κ1) is 28.9. The smallest absolute Gasteiger partial charge is 0.354 e. The van der Waals surface area contributed by atoms with Crippen molar-refractivity contribution < 1.29 is 22.8 Å². The van der Waals surface area contributed by atoms with Gasteiger partial charge < -0.3 is 15.5 Å². The number of anilines is 1. The van der Waals surface area contributed by atoms with E-state index >= 15 is 0 Å². The molecule has 3 heterocycles. The van der Waals surface area contributed by atoms with Gasteiger partial charge in [0.2, 0.25) is 5.95 Å². The summed E-state index contributed by atoms with van der Waals surface area (Å²) in [6.07, 6.45) is -2.94. The highest BCUT2D eigenvalue weighted by molar-refractivity contribution is 9.10. The number of benzene rings is 1. The molecule has 14 heteroatoms. The summed E-state index contributed by atoms with van der Waals surface area (Å²) < 4.78 is 41.4. The summed E-state index contributed by atoms with van der Waals surface area (Å²) in [6, 6.07) is 5.35. The van der Waals surface area contributed by atoms with E-state index in [0.717, 1.165) is 6.07 Å². The summed E-state index contributed by atoms with van der Waals surface area (Å²) >= 11 is 2.89. The normalized spacial score (nSPS) is 15.7. The van der Waals surface area contributed by atoms with Crippen LogP contribution in [0.5, 0.6) is 0 Å². The summed E-state index contributed by atoms with van der Waals surface area (Å²) in [6.45, 7) is 7.13. The standard InChI is InChI=1S/C26H25BrF3N7O3/c1-5-13(2)32-25-33-20-12-36(23(39)15-6-7-18(27)17(11-15)26(28,29)30)14(3)10-16(20)24(40)37(25)21-9-8-19(34-35-21)22(38)31-4/h5-9,11,13-14H,1,10,12H2,2-4H3,(H,31,38)(H,32,33)/t13-,14+/m0/s1. The minimum absolute atomic E-state index is 0.0589. The molecule has 2 atom stereocenters. The van der Waals surface area contributed by atoms with Gasteiger partial charge in [-0.25, -0.2) is 9.55 Å². The van der Waals surface area contributed by atoms with Crippen LogP contribution in [0.4, 0.5) is 19.1 Å². The molecule has 2 amide bonds. The van der Waals surface area contributed by atoms with Gasteiger partial charge in [0.1, 0.15) is 0 Å². The van der Waals surface area contributed by atoms with Crippen molar-refractivity contribution in [3.63, 3.8) is 0 Å². The van der Waals surface area contributed by atoms with Crippen molar-refractivity contribution in [2.24, 2.45) is 0 Å². The van der Waals surface area contributed by atoms with Gasteiger partial charge in [0.25, 0.3) is 17.4 Å². The Balaban J connectivity index is 1.76. The fourth-order valence-electron chi connectivity index (χ4n) is 4.24. The van der Waals surface area contributed by atoms with Crippen LogP contribution in [0.3, 0.4) is 0 Å². The maximum atomic E-state index is 13.7. The highest BCUT2D eigenvalue weighted by atomic mass is 79.9. The lowest BCUT2D eigenvalue weighted by molar-refractivity contribution is -0.138. The van der Waals surface area contributed by atoms with Gasteiger partial charge in [-0.05, 0) is 50.6 Å². The van der Waals surface area contributed by atoms with Gasteiger partial charge in [-0.2, -0.15) is 13.2 Å². The van der Waals surface area contributed by atoms with E-state index in [-0.39, 0.29) is 46.5 Å². The maximum Gasteiger partial charge on any atom is 0.417 e. The van der Waals surface area contributed by atoms with Crippen LogP contribution in [0.2, 0.25) is 0 Å². The van der Waals surface area contributed by atoms with E-state index in [2.05, 4.69) is 48.3 Å². The highest BCUT2D eigenvalue weighted by Crippen LogP contribution is 2.36. The second-order valence-electron chi connectivity index (χ2n) is 9.20. The number of aromatic nitrogens is 4. The molecule has 1 aliphatic heterocycles. The lowest BCUT2D eigenvalue weighted by Gasteiger charge is -2.34. The Morgan fingerprint density at radius 2 is 1.95 bits per heavy atom. The zero-order chi connectivity index (χ0) is 29.4. The molecule has 0 saturated carbocycles. The summed E-state index contributed by atoms with van der Waals surface area (Å²) in [5.41, 5.74) is -0.856. The first-order valence-electron chi connectivity index (χ1n) is 12.1. The average Bonchev–Trinajstić information content (AvgIpc) is 2.92. The van der Waals surface area contributed by atoms with E-state index < -0.39 is 35.2 Å². The molecule has 0 unspecified atom stereocenters. The van der Waals surface area contributed by atoms with Crippen LogP contribution in [0, 0.1) is 0 Å². The lowest BCUT2D eigenvalue weighted by Crippen LogP contribution is -2.46. The number of carbonyl (C=O) groups excluding carboxylic acids is 2. The Morgan fingerprint density at radius 3 is 2.55 bits per heavy atom. The Labute approximate surface area is 235 Å². The van der Waals surface area contributed by atoms with Crippen molar-refractivity contribution in [2.75, 3.05) is 12.4 Å². The Morgan fingerprint density at radius 1 is 1.23 bits per heavy atom. The SMILES string of the molecule is C=C[C@H](C)Nc1nc2c(c(=O)n1-c1ccc(C(=O)NC)nn1)C[C@@H](C)N(C(=O)c1ccc(Br)c(C(F)(F)F)c1)C2. The van der Waals surface area contributed by atoms with E-state index in [4.69, 9.17) is 0 Å². The zero-order valence-corrected chi connectivity index (χ0v) is 23.3. The van der Waals surface area contributed by atoms with Crippen LogP contribution in [0.25, 0.3) is 5.82 Å². The van der Waals surface area contributed by atoms with Crippen LogP contribution >= 0.6 is 15.9 Å². The van der Waals surface area contributed by atoms with Crippen LogP contribution in [0.1, 0.15) is 51.5 Å². The van der Waals surface area contributed by atoms with Crippen LogP contribution in [-0.4, -0.2) is 55.6 Å². The van der Waals surface area contributed by atoms with Crippen LogP contribution in [0.15, 0.2) is 52.3 Å². The number of nitrogens with zero attached hydrogens (tertiary/aromatic N) is 5. The van der Waals surface area contributed by atoms with Gasteiger partial charge in [-0.15, -0.1) is 16.8 Å². The molecular formula is C26H25BrF3N7O3. The number of hydrogen-bond donors (Lipinski definition) is 2. The average molecular weight is 620 g/mol. The molecule has 1 aliphatic rings. The van der Waals surface area contributed by atoms with Crippen molar-refractivity contribution in [3.8, 4) is 5.82 Å². The molecule has 0 saturated heterocycles. The van der Waals surface area contributed by atoms with Crippen molar-refractivity contribution in [1.29, 1.82) is 0 Å². The minimum atomic E-state index is -4.65. The fourth-order valence-corrected chi connectivity index (χ4v) is 4.71. The molecule has 1 aromatic carbocycles. The highest BCUT2D eigenvalue weighted by Gasteiger charge is 2.36. The summed E-state index contributed by atoms with van der Waals surface area (Å²) in [4.78, 5) is 45.0. The van der Waals surface area contributed by atoms with Crippen molar-refractivity contribution in [3.05, 3.63) is 85.9 Å². The third-order valence-corrected chi connectivity index (χ3v) is 7.13. The molecule has 4 rings (SSSR count). The molecule has 210 valence electrons. The Bertz CT molecular complexity index is 1540. The second-order valence-corrected chi connectivity index (χ2v) is 10.1. The molecule has 10 nitrogen and oxygen atoms in total. The number of fused-ring (bicyclic) bond motifs is 1. The van der Waals surface area contributed by atoms with E-state index in [9.17, 15) is 27.6 Å². The molecule has 2 aromatic heterocycles. The fraction of sp³-hybridized carbons (Fsp3) is 0.308. The van der Waals surface area contributed by atoms with Gasteiger partial charge in [0.15, 0.2) is 11.5 Å². The third-order valence-electron chi connectivity index (χ3n) is 6.44. The Hall–Kier alpha value is -4.07. The number of halogens is 4. The van der Waals surface area contributed by atoms with Crippen LogP contribution < -0.4 is 16.2 Å². The lowest BCUT2D eigenvalue weighted by atomic mass is 9.98. The summed E-state index contributed by atoms with van der Waals surface area (Å²) in [5, 5.41) is 13.5. The largest absolute Gasteiger partial charge is 0.417 e. The number of alkyl halides is 3.